The average molecular weight is 328 g/mol. The van der Waals surface area contributed by atoms with Crippen molar-refractivity contribution in [3.05, 3.63) is 60.2 Å². The Morgan fingerprint density at radius 1 is 1.04 bits per heavy atom. The lowest BCUT2D eigenvalue weighted by Gasteiger charge is -2.19. The average Bonchev–Trinajstić information content (AvgIpc) is 2.48. The summed E-state index contributed by atoms with van der Waals surface area (Å²) in [4.78, 5) is 15.1. The maximum Gasteiger partial charge on any atom is 0.321 e. The van der Waals surface area contributed by atoms with Crippen molar-refractivity contribution in [1.29, 1.82) is 0 Å². The van der Waals surface area contributed by atoms with E-state index in [0.717, 1.165) is 11.3 Å². The van der Waals surface area contributed by atoms with Gasteiger partial charge in [0.1, 0.15) is 0 Å². The Morgan fingerprint density at radius 3 is 2.22 bits per heavy atom. The van der Waals surface area contributed by atoms with Crippen LogP contribution in [0.3, 0.4) is 0 Å². The van der Waals surface area contributed by atoms with E-state index in [2.05, 4.69) is 26.1 Å². The molecule has 0 unspecified atom stereocenters. The van der Waals surface area contributed by atoms with E-state index in [4.69, 9.17) is 0 Å². The number of carbonyl (C=O) groups is 1. The highest BCUT2D eigenvalue weighted by atomic mass is 32.2. The quantitative estimate of drug-likeness (QED) is 0.778. The summed E-state index contributed by atoms with van der Waals surface area (Å²) in [5, 5.41) is 2.93. The fraction of sp³-hybridized carbons (Fsp3) is 0.316. The van der Waals surface area contributed by atoms with Gasteiger partial charge in [-0.25, -0.2) is 4.79 Å². The molecular formula is C19H24N2OS. The highest BCUT2D eigenvalue weighted by molar-refractivity contribution is 8.00. The summed E-state index contributed by atoms with van der Waals surface area (Å²) in [6, 6.07) is 17.8. The molecule has 2 aromatic rings. The molecule has 122 valence electrons. The molecule has 0 aliphatic carbocycles. The van der Waals surface area contributed by atoms with Crippen molar-refractivity contribution in [1.82, 2.24) is 4.90 Å². The molecule has 0 fully saturated rings. The third-order valence-electron chi connectivity index (χ3n) is 3.14. The maximum absolute atomic E-state index is 12.2. The highest BCUT2D eigenvalue weighted by Gasteiger charge is 2.12. The minimum absolute atomic E-state index is 0.106. The molecule has 0 bridgehead atoms. The van der Waals surface area contributed by atoms with Gasteiger partial charge in [0, 0.05) is 28.9 Å². The van der Waals surface area contributed by atoms with E-state index in [9.17, 15) is 4.79 Å². The van der Waals surface area contributed by atoms with Crippen LogP contribution in [0.5, 0.6) is 0 Å². The number of rotatable bonds is 4. The molecule has 0 aliphatic heterocycles. The van der Waals surface area contributed by atoms with Gasteiger partial charge < -0.3 is 10.2 Å². The van der Waals surface area contributed by atoms with Gasteiger partial charge in [-0.15, -0.1) is 11.8 Å². The lowest BCUT2D eigenvalue weighted by Crippen LogP contribution is -2.30. The van der Waals surface area contributed by atoms with Gasteiger partial charge in [-0.2, -0.15) is 0 Å². The van der Waals surface area contributed by atoms with Crippen LogP contribution in [0.4, 0.5) is 10.5 Å². The van der Waals surface area contributed by atoms with E-state index in [-0.39, 0.29) is 10.8 Å². The van der Waals surface area contributed by atoms with Crippen LogP contribution < -0.4 is 5.32 Å². The van der Waals surface area contributed by atoms with Gasteiger partial charge >= 0.3 is 6.03 Å². The second kappa shape index (κ2) is 7.55. The number of hydrogen-bond acceptors (Lipinski definition) is 2. The first-order chi connectivity index (χ1) is 10.8. The molecule has 0 saturated carbocycles. The molecular weight excluding hydrogens is 304 g/mol. The van der Waals surface area contributed by atoms with Crippen molar-refractivity contribution in [2.24, 2.45) is 0 Å². The Kier molecular flexibility index (Phi) is 5.72. The molecule has 2 rings (SSSR count). The minimum Gasteiger partial charge on any atom is -0.323 e. The number of hydrogen-bond donors (Lipinski definition) is 1. The number of nitrogens with one attached hydrogen (secondary N) is 1. The highest BCUT2D eigenvalue weighted by Crippen LogP contribution is 2.32. The van der Waals surface area contributed by atoms with Crippen molar-refractivity contribution in [2.45, 2.75) is 37.0 Å². The molecule has 0 atom stereocenters. The lowest BCUT2D eigenvalue weighted by atomic mass is 10.2. The van der Waals surface area contributed by atoms with Gasteiger partial charge in [0.05, 0.1) is 0 Å². The van der Waals surface area contributed by atoms with Crippen LogP contribution in [-0.2, 0) is 6.54 Å². The summed E-state index contributed by atoms with van der Waals surface area (Å²) in [7, 11) is 1.80. The number of urea groups is 1. The molecule has 2 amide bonds. The fourth-order valence-electron chi connectivity index (χ4n) is 2.11. The van der Waals surface area contributed by atoms with Crippen molar-refractivity contribution >= 4 is 23.5 Å². The Bertz CT molecular complexity index is 633. The van der Waals surface area contributed by atoms with E-state index in [1.54, 1.807) is 11.9 Å². The third-order valence-corrected chi connectivity index (χ3v) is 4.26. The SMILES string of the molecule is CN(Cc1ccccc1)C(=O)Nc1ccc(SC(C)(C)C)cc1. The molecule has 4 heteroatoms. The van der Waals surface area contributed by atoms with Gasteiger partial charge in [0.15, 0.2) is 0 Å². The zero-order valence-electron chi connectivity index (χ0n) is 14.2. The summed E-state index contributed by atoms with van der Waals surface area (Å²) in [6.45, 7) is 7.15. The topological polar surface area (TPSA) is 32.3 Å². The van der Waals surface area contributed by atoms with E-state index in [1.165, 1.54) is 4.90 Å². The first-order valence-electron chi connectivity index (χ1n) is 7.69. The van der Waals surface area contributed by atoms with Crippen LogP contribution in [-0.4, -0.2) is 22.7 Å². The van der Waals surface area contributed by atoms with Crippen LogP contribution in [0.2, 0.25) is 0 Å². The number of thioether (sulfide) groups is 1. The monoisotopic (exact) mass is 328 g/mol. The number of nitrogens with zero attached hydrogens (tertiary/aromatic N) is 1. The smallest absolute Gasteiger partial charge is 0.321 e. The lowest BCUT2D eigenvalue weighted by molar-refractivity contribution is 0.220. The number of carbonyl (C=O) groups excluding carboxylic acids is 1. The molecule has 1 N–H and O–H groups in total. The Balaban J connectivity index is 1.92. The number of amides is 2. The second-order valence-corrected chi connectivity index (χ2v) is 8.41. The van der Waals surface area contributed by atoms with E-state index in [1.807, 2.05) is 66.4 Å². The fourth-order valence-corrected chi connectivity index (χ4v) is 3.09. The third kappa shape index (κ3) is 5.99. The van der Waals surface area contributed by atoms with Gasteiger partial charge in [0.2, 0.25) is 0 Å². The molecule has 0 radical (unpaired) electrons. The molecule has 0 spiro atoms. The van der Waals surface area contributed by atoms with Crippen LogP contribution in [0.25, 0.3) is 0 Å². The summed E-state index contributed by atoms with van der Waals surface area (Å²) in [5.41, 5.74) is 1.93. The molecule has 0 saturated heterocycles. The van der Waals surface area contributed by atoms with Crippen LogP contribution in [0, 0.1) is 0 Å². The molecule has 2 aromatic carbocycles. The summed E-state index contributed by atoms with van der Waals surface area (Å²) >= 11 is 1.81. The van der Waals surface area contributed by atoms with Crippen molar-refractivity contribution in [2.75, 3.05) is 12.4 Å². The zero-order chi connectivity index (χ0) is 16.9. The van der Waals surface area contributed by atoms with E-state index in [0.29, 0.717) is 6.54 Å². The Morgan fingerprint density at radius 2 is 1.65 bits per heavy atom. The second-order valence-electron chi connectivity index (χ2n) is 6.51. The minimum atomic E-state index is -0.106. The van der Waals surface area contributed by atoms with Crippen LogP contribution in [0.1, 0.15) is 26.3 Å². The molecule has 23 heavy (non-hydrogen) atoms. The van der Waals surface area contributed by atoms with Crippen molar-refractivity contribution in [3.8, 4) is 0 Å². The van der Waals surface area contributed by atoms with E-state index < -0.39 is 0 Å². The van der Waals surface area contributed by atoms with Gasteiger partial charge in [0.25, 0.3) is 0 Å². The standard InChI is InChI=1S/C19H24N2OS/c1-19(2,3)23-17-12-10-16(11-13-17)20-18(22)21(4)14-15-8-6-5-7-9-15/h5-13H,14H2,1-4H3,(H,20,22). The van der Waals surface area contributed by atoms with Gasteiger partial charge in [-0.1, -0.05) is 51.1 Å². The van der Waals surface area contributed by atoms with Crippen LogP contribution >= 0.6 is 11.8 Å². The predicted molar refractivity (Wildman–Crippen MR) is 99.0 cm³/mol. The summed E-state index contributed by atoms with van der Waals surface area (Å²) in [5.74, 6) is 0. The molecule has 3 nitrogen and oxygen atoms in total. The first-order valence-corrected chi connectivity index (χ1v) is 8.50. The molecule has 0 heterocycles. The van der Waals surface area contributed by atoms with Crippen molar-refractivity contribution < 1.29 is 4.79 Å². The number of benzene rings is 2. The zero-order valence-corrected chi connectivity index (χ0v) is 15.0. The Labute approximate surface area is 143 Å². The summed E-state index contributed by atoms with van der Waals surface area (Å²) in [6.07, 6.45) is 0. The first kappa shape index (κ1) is 17.4. The van der Waals surface area contributed by atoms with Crippen molar-refractivity contribution in [3.63, 3.8) is 0 Å². The number of anilines is 1. The van der Waals surface area contributed by atoms with Gasteiger partial charge in [-0.05, 0) is 29.8 Å². The predicted octanol–water partition coefficient (Wildman–Crippen LogP) is 5.24. The molecule has 0 aromatic heterocycles. The largest absolute Gasteiger partial charge is 0.323 e. The maximum atomic E-state index is 12.2. The molecule has 0 aliphatic rings. The van der Waals surface area contributed by atoms with E-state index >= 15 is 0 Å². The summed E-state index contributed by atoms with van der Waals surface area (Å²) < 4.78 is 0.181. The normalized spacial score (nSPS) is 11.1. The van der Waals surface area contributed by atoms with Gasteiger partial charge in [-0.3, -0.25) is 0 Å². The van der Waals surface area contributed by atoms with Crippen LogP contribution in [0.15, 0.2) is 59.5 Å². The Hall–Kier alpha value is -1.94.